The van der Waals surface area contributed by atoms with Crippen LogP contribution in [0.1, 0.15) is 37.7 Å². The molecule has 1 N–H and O–H groups in total. The van der Waals surface area contributed by atoms with Gasteiger partial charge in [-0.2, -0.15) is 0 Å². The average Bonchev–Trinajstić information content (AvgIpc) is 2.98. The van der Waals surface area contributed by atoms with E-state index in [4.69, 9.17) is 0 Å². The summed E-state index contributed by atoms with van der Waals surface area (Å²) in [6, 6.07) is 1.87. The van der Waals surface area contributed by atoms with E-state index in [-0.39, 0.29) is 11.9 Å². The molecule has 3 heterocycles. The van der Waals surface area contributed by atoms with E-state index < -0.39 is 0 Å². The first kappa shape index (κ1) is 16.6. The largest absolute Gasteiger partial charge is 0.346 e. The SMILES string of the molecule is CC=N/C(=C\C)C(C)Nc1nc(C(=O)N2CCC2)c2sccc2n1. The zero-order valence-electron chi connectivity index (χ0n) is 14.1. The van der Waals surface area contributed by atoms with E-state index in [1.165, 1.54) is 11.3 Å². The molecule has 2 aromatic heterocycles. The Morgan fingerprint density at radius 3 is 2.83 bits per heavy atom. The van der Waals surface area contributed by atoms with Crippen molar-refractivity contribution in [3.63, 3.8) is 0 Å². The monoisotopic (exact) mass is 343 g/mol. The van der Waals surface area contributed by atoms with Crippen molar-refractivity contribution in [1.29, 1.82) is 0 Å². The second-order valence-electron chi connectivity index (χ2n) is 5.64. The third kappa shape index (κ3) is 3.17. The lowest BCUT2D eigenvalue weighted by Crippen LogP contribution is -2.42. The summed E-state index contributed by atoms with van der Waals surface area (Å²) >= 11 is 1.51. The number of nitrogens with zero attached hydrogens (tertiary/aromatic N) is 4. The van der Waals surface area contributed by atoms with Gasteiger partial charge in [0, 0.05) is 19.3 Å². The minimum Gasteiger partial charge on any atom is -0.346 e. The van der Waals surface area contributed by atoms with Crippen LogP contribution in [-0.4, -0.2) is 46.1 Å². The van der Waals surface area contributed by atoms with Crippen LogP contribution in [-0.2, 0) is 0 Å². The fraction of sp³-hybridized carbons (Fsp3) is 0.412. The maximum atomic E-state index is 12.6. The fourth-order valence-electron chi connectivity index (χ4n) is 2.60. The molecule has 0 bridgehead atoms. The topological polar surface area (TPSA) is 70.5 Å². The quantitative estimate of drug-likeness (QED) is 0.845. The van der Waals surface area contributed by atoms with Gasteiger partial charge in [-0.25, -0.2) is 9.97 Å². The molecular weight excluding hydrogens is 322 g/mol. The Morgan fingerprint density at radius 1 is 1.42 bits per heavy atom. The number of anilines is 1. The molecule has 6 nitrogen and oxygen atoms in total. The van der Waals surface area contributed by atoms with Crippen molar-refractivity contribution >= 4 is 39.6 Å². The molecule has 24 heavy (non-hydrogen) atoms. The molecule has 0 aromatic carbocycles. The number of aromatic nitrogens is 2. The smallest absolute Gasteiger partial charge is 0.274 e. The second-order valence-corrected chi connectivity index (χ2v) is 6.56. The van der Waals surface area contributed by atoms with E-state index in [2.05, 4.69) is 20.3 Å². The van der Waals surface area contributed by atoms with Crippen LogP contribution in [0.2, 0.25) is 0 Å². The van der Waals surface area contributed by atoms with Crippen LogP contribution in [0.25, 0.3) is 10.2 Å². The number of hydrogen-bond acceptors (Lipinski definition) is 6. The molecule has 1 aliphatic heterocycles. The van der Waals surface area contributed by atoms with E-state index in [0.29, 0.717) is 11.6 Å². The number of aliphatic imine (C=N–C) groups is 1. The number of carbonyl (C=O) groups excluding carboxylic acids is 1. The number of fused-ring (bicyclic) bond motifs is 1. The third-order valence-electron chi connectivity index (χ3n) is 4.01. The van der Waals surface area contributed by atoms with Crippen molar-refractivity contribution in [3.05, 3.63) is 28.9 Å². The van der Waals surface area contributed by atoms with Crippen molar-refractivity contribution in [1.82, 2.24) is 14.9 Å². The first-order valence-electron chi connectivity index (χ1n) is 8.10. The molecule has 0 saturated carbocycles. The number of thiophene rings is 1. The fourth-order valence-corrected chi connectivity index (χ4v) is 3.41. The molecule has 1 saturated heterocycles. The third-order valence-corrected chi connectivity index (χ3v) is 4.92. The minimum absolute atomic E-state index is 0.00959. The lowest BCUT2D eigenvalue weighted by molar-refractivity contribution is 0.0648. The first-order chi connectivity index (χ1) is 11.6. The zero-order valence-corrected chi connectivity index (χ0v) is 14.9. The van der Waals surface area contributed by atoms with E-state index in [0.717, 1.165) is 35.4 Å². The van der Waals surface area contributed by atoms with Gasteiger partial charge < -0.3 is 10.2 Å². The van der Waals surface area contributed by atoms with Gasteiger partial charge in [0.1, 0.15) is 0 Å². The molecule has 0 spiro atoms. The maximum absolute atomic E-state index is 12.6. The van der Waals surface area contributed by atoms with E-state index in [1.54, 1.807) is 6.21 Å². The number of carbonyl (C=O) groups is 1. The minimum atomic E-state index is -0.0470. The predicted octanol–water partition coefficient (Wildman–Crippen LogP) is 3.33. The van der Waals surface area contributed by atoms with Gasteiger partial charge in [0.25, 0.3) is 5.91 Å². The second kappa shape index (κ2) is 7.09. The summed E-state index contributed by atoms with van der Waals surface area (Å²) < 4.78 is 0.850. The molecule has 0 radical (unpaired) electrons. The van der Waals surface area contributed by atoms with Gasteiger partial charge in [-0.05, 0) is 38.6 Å². The molecule has 1 fully saturated rings. The summed E-state index contributed by atoms with van der Waals surface area (Å²) in [6.45, 7) is 7.45. The van der Waals surface area contributed by atoms with E-state index >= 15 is 0 Å². The number of amides is 1. The van der Waals surface area contributed by atoms with Gasteiger partial charge in [-0.1, -0.05) is 6.08 Å². The highest BCUT2D eigenvalue weighted by Crippen LogP contribution is 2.26. The Morgan fingerprint density at radius 2 is 2.21 bits per heavy atom. The molecule has 1 unspecified atom stereocenters. The molecular formula is C17H21N5OS. The van der Waals surface area contributed by atoms with Gasteiger partial charge >= 0.3 is 0 Å². The van der Waals surface area contributed by atoms with Crippen molar-refractivity contribution in [2.75, 3.05) is 18.4 Å². The Hall–Kier alpha value is -2.28. The highest BCUT2D eigenvalue weighted by atomic mass is 32.1. The van der Waals surface area contributed by atoms with Gasteiger partial charge in [-0.15, -0.1) is 11.3 Å². The van der Waals surface area contributed by atoms with E-state index in [9.17, 15) is 4.79 Å². The Kier molecular flexibility index (Phi) is 4.89. The van der Waals surface area contributed by atoms with Crippen LogP contribution in [0, 0.1) is 0 Å². The standard InChI is InChI=1S/C17H21N5OS/c1-4-12(18-5-2)11(3)19-17-20-13-7-10-24-15(13)14(21-17)16(23)22-8-6-9-22/h4-5,7,10-11H,6,8-9H2,1-3H3,(H,19,20,21)/b12-4-,18-5?. The Balaban J connectivity index is 1.92. The number of allylic oxidation sites excluding steroid dienone is 1. The molecule has 1 amide bonds. The Bertz CT molecular complexity index is 806. The van der Waals surface area contributed by atoms with Crippen LogP contribution in [0.5, 0.6) is 0 Å². The summed E-state index contributed by atoms with van der Waals surface area (Å²) in [6.07, 6.45) is 4.77. The zero-order chi connectivity index (χ0) is 17.1. The molecule has 1 aliphatic rings. The van der Waals surface area contributed by atoms with E-state index in [1.807, 2.05) is 43.2 Å². The molecule has 126 valence electrons. The normalized spacial score (nSPS) is 16.5. The van der Waals surface area contributed by atoms with Gasteiger partial charge in [0.2, 0.25) is 5.95 Å². The van der Waals surface area contributed by atoms with Gasteiger partial charge in [-0.3, -0.25) is 9.79 Å². The van der Waals surface area contributed by atoms with Gasteiger partial charge in [0.05, 0.1) is 22.0 Å². The lowest BCUT2D eigenvalue weighted by atomic mass is 10.2. The highest BCUT2D eigenvalue weighted by Gasteiger charge is 2.26. The van der Waals surface area contributed by atoms with Crippen LogP contribution < -0.4 is 5.32 Å². The van der Waals surface area contributed by atoms with Crippen LogP contribution in [0.4, 0.5) is 5.95 Å². The number of nitrogens with one attached hydrogen (secondary N) is 1. The van der Waals surface area contributed by atoms with Crippen molar-refractivity contribution in [3.8, 4) is 0 Å². The average molecular weight is 343 g/mol. The van der Waals surface area contributed by atoms with Crippen LogP contribution in [0.15, 0.2) is 28.2 Å². The summed E-state index contributed by atoms with van der Waals surface area (Å²) in [5.41, 5.74) is 2.20. The number of likely N-dealkylation sites (tertiary alicyclic amines) is 1. The highest BCUT2D eigenvalue weighted by molar-refractivity contribution is 7.17. The number of hydrogen-bond donors (Lipinski definition) is 1. The molecule has 3 rings (SSSR count). The van der Waals surface area contributed by atoms with Crippen molar-refractivity contribution in [2.45, 2.75) is 33.2 Å². The summed E-state index contributed by atoms with van der Waals surface area (Å²) in [5, 5.41) is 5.20. The maximum Gasteiger partial charge on any atom is 0.274 e. The summed E-state index contributed by atoms with van der Waals surface area (Å²) in [5.74, 6) is 0.451. The Labute approximate surface area is 145 Å². The first-order valence-corrected chi connectivity index (χ1v) is 8.98. The molecule has 2 aromatic rings. The molecule has 7 heteroatoms. The molecule has 0 aliphatic carbocycles. The summed E-state index contributed by atoms with van der Waals surface area (Å²) in [4.78, 5) is 27.9. The number of rotatable bonds is 5. The van der Waals surface area contributed by atoms with Gasteiger partial charge in [0.15, 0.2) is 5.69 Å². The van der Waals surface area contributed by atoms with Crippen LogP contribution >= 0.6 is 11.3 Å². The van der Waals surface area contributed by atoms with Crippen molar-refractivity contribution in [2.24, 2.45) is 4.99 Å². The predicted molar refractivity (Wildman–Crippen MR) is 98.9 cm³/mol. The van der Waals surface area contributed by atoms with Crippen LogP contribution in [0.3, 0.4) is 0 Å². The lowest BCUT2D eigenvalue weighted by Gasteiger charge is -2.30. The van der Waals surface area contributed by atoms with Crippen molar-refractivity contribution < 1.29 is 4.79 Å². The molecule has 1 atom stereocenters. The summed E-state index contributed by atoms with van der Waals surface area (Å²) in [7, 11) is 0.